The van der Waals surface area contributed by atoms with Crippen molar-refractivity contribution in [2.45, 2.75) is 70.6 Å². The Hall–Kier alpha value is -3.51. The van der Waals surface area contributed by atoms with Gasteiger partial charge in [0, 0.05) is 43.5 Å². The third-order valence-electron chi connectivity index (χ3n) is 6.98. The van der Waals surface area contributed by atoms with Crippen LogP contribution in [-0.2, 0) is 14.8 Å². The number of benzene rings is 2. The number of rotatable bonds is 16. The van der Waals surface area contributed by atoms with E-state index in [2.05, 4.69) is 16.9 Å². The molecular weight excluding hydrogens is 655 g/mol. The second-order valence-corrected chi connectivity index (χ2v) is 17.2. The maximum Gasteiger partial charge on any atom is 0.414 e. The van der Waals surface area contributed by atoms with Crippen molar-refractivity contribution in [2.75, 3.05) is 51.5 Å². The molecule has 0 aromatic heterocycles. The molecule has 0 aliphatic heterocycles. The van der Waals surface area contributed by atoms with E-state index in [9.17, 15) is 27.9 Å². The van der Waals surface area contributed by atoms with E-state index in [1.54, 1.807) is 32.9 Å². The van der Waals surface area contributed by atoms with Crippen molar-refractivity contribution in [3.8, 4) is 5.75 Å². The van der Waals surface area contributed by atoms with Crippen LogP contribution in [0.25, 0.3) is 0 Å². The molecule has 3 N–H and O–H groups in total. The van der Waals surface area contributed by atoms with Crippen molar-refractivity contribution in [3.05, 3.63) is 53.6 Å². The molecule has 14 heteroatoms. The number of hydrogen-bond donors (Lipinski definition) is 3. The minimum absolute atomic E-state index is 0.0476. The van der Waals surface area contributed by atoms with E-state index in [4.69, 9.17) is 9.47 Å². The Balaban J connectivity index is 2.47. The summed E-state index contributed by atoms with van der Waals surface area (Å²) in [6.07, 6.45) is 3.10. The van der Waals surface area contributed by atoms with Crippen LogP contribution in [0, 0.1) is 5.92 Å². The van der Waals surface area contributed by atoms with Gasteiger partial charge in [0.15, 0.2) is 0 Å². The predicted molar refractivity (Wildman–Crippen MR) is 192 cm³/mol. The van der Waals surface area contributed by atoms with Crippen LogP contribution in [0.3, 0.4) is 0 Å². The summed E-state index contributed by atoms with van der Waals surface area (Å²) < 4.78 is 39.3. The van der Waals surface area contributed by atoms with Gasteiger partial charge >= 0.3 is 6.09 Å². The highest BCUT2D eigenvalue weighted by Crippen LogP contribution is 2.25. The van der Waals surface area contributed by atoms with Gasteiger partial charge in [-0.1, -0.05) is 20.8 Å². The van der Waals surface area contributed by atoms with Gasteiger partial charge < -0.3 is 25.2 Å². The Morgan fingerprint density at radius 3 is 2.10 bits per heavy atom. The van der Waals surface area contributed by atoms with Crippen molar-refractivity contribution in [2.24, 2.45) is 5.92 Å². The molecule has 0 bridgehead atoms. The third kappa shape index (κ3) is 12.2. The molecule has 0 aliphatic carbocycles. The second kappa shape index (κ2) is 17.8. The average Bonchev–Trinajstić information content (AvgIpc) is 3.00. The summed E-state index contributed by atoms with van der Waals surface area (Å²) in [4.78, 5) is 40.9. The van der Waals surface area contributed by atoms with Crippen molar-refractivity contribution >= 4 is 47.5 Å². The van der Waals surface area contributed by atoms with Gasteiger partial charge in [-0.05, 0) is 75.6 Å². The Bertz CT molecular complexity index is 1540. The number of nitrogens with one attached hydrogen (secondary N) is 2. The van der Waals surface area contributed by atoms with Crippen molar-refractivity contribution in [1.82, 2.24) is 14.9 Å². The quantitative estimate of drug-likeness (QED) is 0.215. The highest BCUT2D eigenvalue weighted by atomic mass is 32.2. The van der Waals surface area contributed by atoms with Gasteiger partial charge in [0.25, 0.3) is 11.8 Å². The number of anilines is 1. The first kappa shape index (κ1) is 40.7. The molecular formula is C34H52N4O8PS+. The number of aliphatic hydroxyl groups is 1. The minimum atomic E-state index is -4.02. The van der Waals surface area contributed by atoms with Gasteiger partial charge in [-0.2, -0.15) is 4.31 Å². The molecule has 3 amide bonds. The summed E-state index contributed by atoms with van der Waals surface area (Å²) in [6, 6.07) is 9.49. The Labute approximate surface area is 286 Å². The van der Waals surface area contributed by atoms with Gasteiger partial charge in [-0.25, -0.2) is 13.2 Å². The number of sulfonamides is 1. The van der Waals surface area contributed by atoms with E-state index in [1.165, 1.54) is 53.7 Å². The molecule has 2 aromatic rings. The molecule has 3 unspecified atom stereocenters. The standard InChI is InChI=1S/C34H51N4O8PS/c1-11-16-35-31(40)24-17-25(19-26(18-24)37(7)33(42)46-34(4,5)6)32(41)36-29(22-47(9)10)30(39)21-38(20-23(2)3)48(43,44)28-14-12-27(45-8)13-15-28/h12-15,17-19,23,29-30,39H,9,11,16,20-22H2,1-8,10H3,(H-,35,36,40,41)/p+1. The van der Waals surface area contributed by atoms with E-state index >= 15 is 0 Å². The monoisotopic (exact) mass is 707 g/mol. The van der Waals surface area contributed by atoms with Gasteiger partial charge in [0.2, 0.25) is 10.0 Å². The lowest BCUT2D eigenvalue weighted by molar-refractivity contribution is 0.0588. The van der Waals surface area contributed by atoms with Crippen molar-refractivity contribution < 1.29 is 37.4 Å². The van der Waals surface area contributed by atoms with E-state index in [0.717, 1.165) is 0 Å². The number of hydrogen-bond acceptors (Lipinski definition) is 8. The molecule has 0 aliphatic rings. The first-order valence-corrected chi connectivity index (χ1v) is 19.4. The topological polar surface area (TPSA) is 155 Å². The number of amides is 3. The molecule has 0 spiro atoms. The highest BCUT2D eigenvalue weighted by molar-refractivity contribution is 7.89. The average molecular weight is 708 g/mol. The third-order valence-corrected chi connectivity index (χ3v) is 9.84. The normalized spacial score (nSPS) is 13.5. The fourth-order valence-electron chi connectivity index (χ4n) is 4.61. The van der Waals surface area contributed by atoms with Crippen LogP contribution in [0.2, 0.25) is 0 Å². The first-order chi connectivity index (χ1) is 22.3. The van der Waals surface area contributed by atoms with Crippen LogP contribution >= 0.6 is 7.55 Å². The SMILES string of the molecule is C=[P+](C)CC(NC(=O)c1cc(C(=O)NCCC)cc(N(C)C(=O)OC(C)(C)C)c1)C(O)CN(CC(C)C)S(=O)(=O)c1ccc(OC)cc1. The smallest absolute Gasteiger partial charge is 0.414 e. The summed E-state index contributed by atoms with van der Waals surface area (Å²) in [6.45, 7) is 13.0. The molecule has 0 saturated heterocycles. The van der Waals surface area contributed by atoms with E-state index in [-0.39, 0.29) is 40.7 Å². The Morgan fingerprint density at radius 1 is 1.02 bits per heavy atom. The summed E-state index contributed by atoms with van der Waals surface area (Å²) in [5.74, 6) is -0.596. The minimum Gasteiger partial charge on any atom is -0.497 e. The Morgan fingerprint density at radius 2 is 1.60 bits per heavy atom. The van der Waals surface area contributed by atoms with E-state index in [0.29, 0.717) is 24.9 Å². The molecule has 2 aromatic carbocycles. The number of ether oxygens (including phenoxy) is 2. The zero-order chi connectivity index (χ0) is 36.4. The highest BCUT2D eigenvalue weighted by Gasteiger charge is 2.33. The molecule has 0 radical (unpaired) electrons. The molecule has 0 fully saturated rings. The summed E-state index contributed by atoms with van der Waals surface area (Å²) in [7, 11) is -1.95. The number of methoxy groups -OCH3 is 1. The summed E-state index contributed by atoms with van der Waals surface area (Å²) in [5.41, 5.74) is -0.306. The number of nitrogens with zero attached hydrogens (tertiary/aromatic N) is 2. The van der Waals surface area contributed by atoms with Gasteiger partial charge in [0.05, 0.1) is 44.7 Å². The molecule has 12 nitrogen and oxygen atoms in total. The van der Waals surface area contributed by atoms with Crippen LogP contribution in [0.1, 0.15) is 68.7 Å². The zero-order valence-electron chi connectivity index (χ0n) is 29.6. The summed E-state index contributed by atoms with van der Waals surface area (Å²) >= 11 is 0. The lowest BCUT2D eigenvalue weighted by Gasteiger charge is -2.29. The van der Waals surface area contributed by atoms with Crippen LogP contribution < -0.4 is 20.3 Å². The van der Waals surface area contributed by atoms with Gasteiger partial charge in [-0.15, -0.1) is 0 Å². The maximum atomic E-state index is 13.8. The maximum absolute atomic E-state index is 13.8. The van der Waals surface area contributed by atoms with Crippen LogP contribution in [0.15, 0.2) is 47.4 Å². The number of carbonyl (C=O) groups excluding carboxylic acids is 3. The molecule has 48 heavy (non-hydrogen) atoms. The first-order valence-electron chi connectivity index (χ1n) is 15.8. The molecule has 2 rings (SSSR count). The molecule has 266 valence electrons. The largest absolute Gasteiger partial charge is 0.497 e. The van der Waals surface area contributed by atoms with E-state index in [1.807, 2.05) is 27.4 Å². The lowest BCUT2D eigenvalue weighted by atomic mass is 10.1. The molecule has 0 saturated carbocycles. The predicted octanol–water partition coefficient (Wildman–Crippen LogP) is 4.56. The van der Waals surface area contributed by atoms with Gasteiger partial charge in [-0.3, -0.25) is 14.5 Å². The fourth-order valence-corrected chi connectivity index (χ4v) is 7.23. The fraction of sp³-hybridized carbons (Fsp3) is 0.529. The second-order valence-electron chi connectivity index (χ2n) is 13.1. The van der Waals surface area contributed by atoms with Crippen molar-refractivity contribution in [3.63, 3.8) is 0 Å². The lowest BCUT2D eigenvalue weighted by Crippen LogP contribution is -2.51. The summed E-state index contributed by atoms with van der Waals surface area (Å²) in [5, 5.41) is 17.1. The number of carbonyl (C=O) groups is 3. The van der Waals surface area contributed by atoms with E-state index < -0.39 is 53.2 Å². The van der Waals surface area contributed by atoms with Crippen LogP contribution in [0.5, 0.6) is 5.75 Å². The Kier molecular flexibility index (Phi) is 15.0. The zero-order valence-corrected chi connectivity index (χ0v) is 31.3. The molecule has 0 heterocycles. The van der Waals surface area contributed by atoms with Crippen molar-refractivity contribution in [1.29, 1.82) is 0 Å². The van der Waals surface area contributed by atoms with Crippen LogP contribution in [0.4, 0.5) is 10.5 Å². The van der Waals surface area contributed by atoms with Crippen LogP contribution in [-0.4, -0.2) is 106 Å². The van der Waals surface area contributed by atoms with Gasteiger partial charge in [0.1, 0.15) is 17.5 Å². The molecule has 3 atom stereocenters. The number of aliphatic hydroxyl groups excluding tert-OH is 1.